The largest absolute Gasteiger partial charge is 0.332 e. The summed E-state index contributed by atoms with van der Waals surface area (Å²) >= 11 is 0. The second-order valence-electron chi connectivity index (χ2n) is 7.81. The zero-order valence-electron chi connectivity index (χ0n) is 18.1. The monoisotopic (exact) mass is 429 g/mol. The van der Waals surface area contributed by atoms with E-state index in [2.05, 4.69) is 15.3 Å². The van der Waals surface area contributed by atoms with E-state index in [9.17, 15) is 14.4 Å². The van der Waals surface area contributed by atoms with Crippen molar-refractivity contribution in [3.8, 4) is 0 Å². The molecule has 0 atom stereocenters. The van der Waals surface area contributed by atoms with Crippen LogP contribution < -0.4 is 16.6 Å². The van der Waals surface area contributed by atoms with Crippen LogP contribution in [0, 0.1) is 20.8 Å². The van der Waals surface area contributed by atoms with Gasteiger partial charge in [0.15, 0.2) is 5.52 Å². The molecule has 8 heteroatoms. The lowest BCUT2D eigenvalue weighted by Gasteiger charge is -2.16. The topological polar surface area (TPSA) is 98.9 Å². The van der Waals surface area contributed by atoms with Gasteiger partial charge in [-0.25, -0.2) is 9.78 Å². The molecule has 1 aromatic carbocycles. The summed E-state index contributed by atoms with van der Waals surface area (Å²) in [6.07, 6.45) is 4.68. The number of carbonyl (C=O) groups excluding carboxylic acids is 1. The number of benzene rings is 1. The zero-order valence-corrected chi connectivity index (χ0v) is 18.1. The average molecular weight is 429 g/mol. The van der Waals surface area contributed by atoms with Crippen LogP contribution in [0.3, 0.4) is 0 Å². The van der Waals surface area contributed by atoms with Gasteiger partial charge in [0.1, 0.15) is 6.54 Å². The first kappa shape index (κ1) is 21.2. The number of hydrogen-bond acceptors (Lipinski definition) is 5. The number of rotatable bonds is 5. The van der Waals surface area contributed by atoms with Gasteiger partial charge in [0.05, 0.1) is 12.1 Å². The van der Waals surface area contributed by atoms with E-state index in [1.807, 2.05) is 32.9 Å². The number of aromatic nitrogens is 4. The highest BCUT2D eigenvalue weighted by atomic mass is 16.2. The summed E-state index contributed by atoms with van der Waals surface area (Å²) in [7, 11) is 0. The number of amides is 1. The predicted molar refractivity (Wildman–Crippen MR) is 123 cm³/mol. The van der Waals surface area contributed by atoms with E-state index in [0.29, 0.717) is 5.52 Å². The Morgan fingerprint density at radius 2 is 1.66 bits per heavy atom. The molecule has 0 bridgehead atoms. The van der Waals surface area contributed by atoms with Crippen molar-refractivity contribution in [2.75, 3.05) is 5.32 Å². The Labute approximate surface area is 184 Å². The number of anilines is 1. The summed E-state index contributed by atoms with van der Waals surface area (Å²) in [5.41, 5.74) is 3.85. The van der Waals surface area contributed by atoms with Crippen LogP contribution >= 0.6 is 0 Å². The summed E-state index contributed by atoms with van der Waals surface area (Å²) in [4.78, 5) is 47.3. The molecule has 3 heterocycles. The van der Waals surface area contributed by atoms with Crippen LogP contribution in [-0.4, -0.2) is 25.0 Å². The second kappa shape index (κ2) is 8.58. The SMILES string of the molecule is Cc1cc(C)c(NC(=O)Cn2c(=O)n(Cc3ccncc3)c(=O)c3ncccc32)c(C)c1. The lowest BCUT2D eigenvalue weighted by atomic mass is 10.1. The van der Waals surface area contributed by atoms with Gasteiger partial charge >= 0.3 is 5.69 Å². The van der Waals surface area contributed by atoms with Gasteiger partial charge in [-0.3, -0.25) is 23.7 Å². The van der Waals surface area contributed by atoms with Crippen molar-refractivity contribution in [3.05, 3.63) is 98.1 Å². The molecule has 4 aromatic rings. The van der Waals surface area contributed by atoms with Gasteiger partial charge in [-0.2, -0.15) is 0 Å². The molecule has 0 fully saturated rings. The smallest absolute Gasteiger partial charge is 0.324 e. The molecule has 0 saturated carbocycles. The van der Waals surface area contributed by atoms with Crippen molar-refractivity contribution in [1.29, 1.82) is 0 Å². The molecule has 0 aliphatic rings. The van der Waals surface area contributed by atoms with Gasteiger partial charge in [-0.15, -0.1) is 0 Å². The number of aryl methyl sites for hydroxylation is 3. The highest BCUT2D eigenvalue weighted by Crippen LogP contribution is 2.22. The van der Waals surface area contributed by atoms with Crippen LogP contribution in [0.2, 0.25) is 0 Å². The van der Waals surface area contributed by atoms with Crippen LogP contribution in [0.15, 0.2) is 64.6 Å². The van der Waals surface area contributed by atoms with E-state index in [0.717, 1.165) is 32.5 Å². The number of hydrogen-bond donors (Lipinski definition) is 1. The summed E-state index contributed by atoms with van der Waals surface area (Å²) in [6.45, 7) is 5.66. The van der Waals surface area contributed by atoms with Crippen LogP contribution in [0.1, 0.15) is 22.3 Å². The fourth-order valence-corrected chi connectivity index (χ4v) is 3.91. The van der Waals surface area contributed by atoms with Gasteiger partial charge in [0, 0.05) is 24.3 Å². The Hall–Kier alpha value is -4.07. The normalized spacial score (nSPS) is 11.0. The minimum absolute atomic E-state index is 0.0600. The standard InChI is InChI=1S/C24H23N5O3/c1-15-11-16(2)21(17(3)12-15)27-20(30)14-28-19-5-4-8-26-22(19)23(31)29(24(28)32)13-18-6-9-25-10-7-18/h4-12H,13-14H2,1-3H3,(H,27,30). The fourth-order valence-electron chi connectivity index (χ4n) is 3.91. The third-order valence-corrected chi connectivity index (χ3v) is 5.32. The lowest BCUT2D eigenvalue weighted by Crippen LogP contribution is -2.42. The maximum absolute atomic E-state index is 13.3. The van der Waals surface area contributed by atoms with Crippen molar-refractivity contribution >= 4 is 22.6 Å². The molecular weight excluding hydrogens is 406 g/mol. The van der Waals surface area contributed by atoms with E-state index >= 15 is 0 Å². The van der Waals surface area contributed by atoms with Crippen LogP contribution in [0.4, 0.5) is 5.69 Å². The van der Waals surface area contributed by atoms with Crippen molar-refractivity contribution < 1.29 is 4.79 Å². The molecule has 0 aliphatic carbocycles. The highest BCUT2D eigenvalue weighted by molar-refractivity contribution is 5.93. The third-order valence-electron chi connectivity index (χ3n) is 5.32. The van der Waals surface area contributed by atoms with Gasteiger partial charge in [0.25, 0.3) is 5.56 Å². The number of nitrogens with zero attached hydrogens (tertiary/aromatic N) is 4. The molecule has 8 nitrogen and oxygen atoms in total. The molecule has 1 N–H and O–H groups in total. The molecule has 32 heavy (non-hydrogen) atoms. The molecule has 0 aliphatic heterocycles. The van der Waals surface area contributed by atoms with Gasteiger partial charge in [0.2, 0.25) is 5.91 Å². The van der Waals surface area contributed by atoms with Gasteiger partial charge < -0.3 is 5.32 Å². The first-order chi connectivity index (χ1) is 15.3. The summed E-state index contributed by atoms with van der Waals surface area (Å²) in [6, 6.07) is 10.7. The van der Waals surface area contributed by atoms with Crippen LogP contribution in [-0.2, 0) is 17.9 Å². The first-order valence-electron chi connectivity index (χ1n) is 10.2. The molecule has 162 valence electrons. The number of fused-ring (bicyclic) bond motifs is 1. The average Bonchev–Trinajstić information content (AvgIpc) is 2.77. The Morgan fingerprint density at radius 3 is 2.34 bits per heavy atom. The molecule has 0 saturated heterocycles. The number of pyridine rings is 2. The molecule has 1 amide bonds. The maximum atomic E-state index is 13.3. The third kappa shape index (κ3) is 4.07. The predicted octanol–water partition coefficient (Wildman–Crippen LogP) is 2.57. The summed E-state index contributed by atoms with van der Waals surface area (Å²) in [5, 5.41) is 2.92. The van der Waals surface area contributed by atoms with Crippen molar-refractivity contribution in [2.24, 2.45) is 0 Å². The van der Waals surface area contributed by atoms with E-state index in [1.54, 1.807) is 36.7 Å². The van der Waals surface area contributed by atoms with Crippen LogP contribution in [0.5, 0.6) is 0 Å². The lowest BCUT2D eigenvalue weighted by molar-refractivity contribution is -0.116. The quantitative estimate of drug-likeness (QED) is 0.526. The van der Waals surface area contributed by atoms with Crippen molar-refractivity contribution in [2.45, 2.75) is 33.9 Å². The Morgan fingerprint density at radius 1 is 0.969 bits per heavy atom. The molecule has 0 radical (unpaired) electrons. The maximum Gasteiger partial charge on any atom is 0.332 e. The molecule has 4 rings (SSSR count). The van der Waals surface area contributed by atoms with E-state index in [-0.39, 0.29) is 24.5 Å². The summed E-state index contributed by atoms with van der Waals surface area (Å²) < 4.78 is 2.39. The first-order valence-corrected chi connectivity index (χ1v) is 10.2. The number of carbonyl (C=O) groups is 1. The molecule has 0 spiro atoms. The van der Waals surface area contributed by atoms with E-state index < -0.39 is 11.2 Å². The molecule has 3 aromatic heterocycles. The molecular formula is C24H23N5O3. The Bertz CT molecular complexity index is 1410. The van der Waals surface area contributed by atoms with E-state index in [1.165, 1.54) is 10.8 Å². The van der Waals surface area contributed by atoms with E-state index in [4.69, 9.17) is 0 Å². The minimum Gasteiger partial charge on any atom is -0.324 e. The minimum atomic E-state index is -0.570. The highest BCUT2D eigenvalue weighted by Gasteiger charge is 2.17. The zero-order chi connectivity index (χ0) is 22.8. The second-order valence-corrected chi connectivity index (χ2v) is 7.81. The van der Waals surface area contributed by atoms with Crippen molar-refractivity contribution in [3.63, 3.8) is 0 Å². The Balaban J connectivity index is 1.76. The Kier molecular flexibility index (Phi) is 5.68. The molecule has 0 unspecified atom stereocenters. The summed E-state index contributed by atoms with van der Waals surface area (Å²) in [5.74, 6) is -0.360. The van der Waals surface area contributed by atoms with Crippen LogP contribution in [0.25, 0.3) is 11.0 Å². The number of nitrogens with one attached hydrogen (secondary N) is 1. The van der Waals surface area contributed by atoms with Crippen molar-refractivity contribution in [1.82, 2.24) is 19.1 Å². The van der Waals surface area contributed by atoms with Gasteiger partial charge in [-0.05, 0) is 61.7 Å². The fraction of sp³-hybridized carbons (Fsp3) is 0.208. The van der Waals surface area contributed by atoms with Gasteiger partial charge in [-0.1, -0.05) is 17.7 Å².